The fourth-order valence-electron chi connectivity index (χ4n) is 1.41. The van der Waals surface area contributed by atoms with Crippen LogP contribution < -0.4 is 10.1 Å². The zero-order valence-corrected chi connectivity index (χ0v) is 11.3. The van der Waals surface area contributed by atoms with Crippen LogP contribution in [0.2, 0.25) is 0 Å². The van der Waals surface area contributed by atoms with Gasteiger partial charge in [0.25, 0.3) is 0 Å². The van der Waals surface area contributed by atoms with Gasteiger partial charge < -0.3 is 10.1 Å². The lowest BCUT2D eigenvalue weighted by Gasteiger charge is -2.15. The molecule has 0 radical (unpaired) electrons. The molecule has 0 aliphatic carbocycles. The molecule has 3 heteroatoms. The molecule has 1 aromatic rings. The second-order valence-corrected chi connectivity index (χ2v) is 4.99. The molecule has 1 aromatic carbocycles. The molecule has 1 rings (SSSR count). The van der Waals surface area contributed by atoms with Crippen molar-refractivity contribution in [2.24, 2.45) is 5.92 Å². The van der Waals surface area contributed by atoms with Crippen molar-refractivity contribution in [2.45, 2.75) is 20.8 Å². The molecule has 0 amide bonds. The summed E-state index contributed by atoms with van der Waals surface area (Å²) in [6, 6.07) is 4.07. The number of hydrogen-bond donors (Lipinski definition) is 1. The van der Waals surface area contributed by atoms with Crippen molar-refractivity contribution >= 4 is 21.6 Å². The van der Waals surface area contributed by atoms with Crippen molar-refractivity contribution in [3.8, 4) is 5.75 Å². The molecule has 0 bridgehead atoms. The number of halogens is 1. The van der Waals surface area contributed by atoms with Crippen LogP contribution in [-0.4, -0.2) is 13.7 Å². The molecule has 0 aliphatic heterocycles. The zero-order chi connectivity index (χ0) is 11.4. The third kappa shape index (κ3) is 3.42. The summed E-state index contributed by atoms with van der Waals surface area (Å²) in [5, 5.41) is 3.41. The first-order valence-corrected chi connectivity index (χ1v) is 5.92. The molecule has 0 aromatic heterocycles. The molecule has 2 nitrogen and oxygen atoms in total. The number of nitrogens with one attached hydrogen (secondary N) is 1. The van der Waals surface area contributed by atoms with E-state index < -0.39 is 0 Å². The van der Waals surface area contributed by atoms with Crippen LogP contribution in [0.1, 0.15) is 19.4 Å². The van der Waals surface area contributed by atoms with Gasteiger partial charge in [-0.25, -0.2) is 0 Å². The second kappa shape index (κ2) is 5.40. The average Bonchev–Trinajstić information content (AvgIpc) is 2.14. The summed E-state index contributed by atoms with van der Waals surface area (Å²) in [6.07, 6.45) is 0. The van der Waals surface area contributed by atoms with Gasteiger partial charge >= 0.3 is 0 Å². The first-order chi connectivity index (χ1) is 7.04. The van der Waals surface area contributed by atoms with Crippen LogP contribution in [0.5, 0.6) is 5.75 Å². The highest BCUT2D eigenvalue weighted by atomic mass is 79.9. The predicted octanol–water partition coefficient (Wildman–Crippen LogP) is 3.83. The first-order valence-electron chi connectivity index (χ1n) is 5.12. The van der Waals surface area contributed by atoms with Crippen molar-refractivity contribution in [3.05, 3.63) is 22.2 Å². The van der Waals surface area contributed by atoms with E-state index in [0.717, 1.165) is 22.5 Å². The van der Waals surface area contributed by atoms with Gasteiger partial charge in [-0.3, -0.25) is 0 Å². The molecule has 0 saturated heterocycles. The highest BCUT2D eigenvalue weighted by Crippen LogP contribution is 2.32. The largest absolute Gasteiger partial charge is 0.495 e. The Labute approximate surface area is 100 Å². The molecule has 0 spiro atoms. The summed E-state index contributed by atoms with van der Waals surface area (Å²) in [4.78, 5) is 0. The van der Waals surface area contributed by atoms with Crippen molar-refractivity contribution in [2.75, 3.05) is 19.0 Å². The van der Waals surface area contributed by atoms with E-state index in [0.29, 0.717) is 5.92 Å². The van der Waals surface area contributed by atoms with Gasteiger partial charge in [0.2, 0.25) is 0 Å². The number of hydrogen-bond acceptors (Lipinski definition) is 2. The van der Waals surface area contributed by atoms with Gasteiger partial charge in [0.05, 0.1) is 12.8 Å². The number of benzene rings is 1. The van der Waals surface area contributed by atoms with Crippen LogP contribution >= 0.6 is 15.9 Å². The lowest BCUT2D eigenvalue weighted by atomic mass is 10.1. The van der Waals surface area contributed by atoms with Gasteiger partial charge in [-0.05, 0) is 30.5 Å². The van der Waals surface area contributed by atoms with Gasteiger partial charge in [-0.15, -0.1) is 0 Å². The van der Waals surface area contributed by atoms with Crippen molar-refractivity contribution in [1.82, 2.24) is 0 Å². The molecule has 0 fully saturated rings. The smallest absolute Gasteiger partial charge is 0.143 e. The Morgan fingerprint density at radius 2 is 2.07 bits per heavy atom. The van der Waals surface area contributed by atoms with E-state index in [1.165, 1.54) is 5.56 Å². The number of methoxy groups -OCH3 is 1. The highest BCUT2D eigenvalue weighted by Gasteiger charge is 2.07. The summed E-state index contributed by atoms with van der Waals surface area (Å²) in [6.45, 7) is 7.41. The van der Waals surface area contributed by atoms with Gasteiger partial charge in [0.15, 0.2) is 0 Å². The van der Waals surface area contributed by atoms with E-state index in [2.05, 4.69) is 48.1 Å². The van der Waals surface area contributed by atoms with E-state index in [-0.39, 0.29) is 0 Å². The third-order valence-electron chi connectivity index (χ3n) is 2.17. The standard InChI is InChI=1S/C12H18BrNO/c1-8(2)7-14-12-9(3)5-10(13)6-11(12)15-4/h5-6,8,14H,7H2,1-4H3. The monoisotopic (exact) mass is 271 g/mol. The Balaban J connectivity index is 2.93. The van der Waals surface area contributed by atoms with Gasteiger partial charge in [-0.2, -0.15) is 0 Å². The minimum atomic E-state index is 0.623. The highest BCUT2D eigenvalue weighted by molar-refractivity contribution is 9.10. The van der Waals surface area contributed by atoms with Crippen molar-refractivity contribution in [1.29, 1.82) is 0 Å². The molecule has 0 atom stereocenters. The number of aryl methyl sites for hydroxylation is 1. The molecule has 0 heterocycles. The topological polar surface area (TPSA) is 21.3 Å². The van der Waals surface area contributed by atoms with Crippen LogP contribution in [0.15, 0.2) is 16.6 Å². The van der Waals surface area contributed by atoms with Crippen LogP contribution in [0.4, 0.5) is 5.69 Å². The van der Waals surface area contributed by atoms with Crippen LogP contribution in [-0.2, 0) is 0 Å². The van der Waals surface area contributed by atoms with Crippen LogP contribution in [0.25, 0.3) is 0 Å². The lowest BCUT2D eigenvalue weighted by Crippen LogP contribution is -2.10. The maximum atomic E-state index is 5.35. The van der Waals surface area contributed by atoms with E-state index in [1.54, 1.807) is 7.11 Å². The normalized spacial score (nSPS) is 10.5. The Kier molecular flexibility index (Phi) is 4.45. The summed E-state index contributed by atoms with van der Waals surface area (Å²) < 4.78 is 6.39. The fraction of sp³-hybridized carbons (Fsp3) is 0.500. The summed E-state index contributed by atoms with van der Waals surface area (Å²) in [5.74, 6) is 1.51. The SMILES string of the molecule is COc1cc(Br)cc(C)c1NCC(C)C. The maximum Gasteiger partial charge on any atom is 0.143 e. The van der Waals surface area contributed by atoms with Crippen molar-refractivity contribution < 1.29 is 4.74 Å². The fourth-order valence-corrected chi connectivity index (χ4v) is 1.96. The van der Waals surface area contributed by atoms with Crippen LogP contribution in [0.3, 0.4) is 0 Å². The second-order valence-electron chi connectivity index (χ2n) is 4.07. The quantitative estimate of drug-likeness (QED) is 0.899. The van der Waals surface area contributed by atoms with E-state index in [9.17, 15) is 0 Å². The van der Waals surface area contributed by atoms with E-state index in [4.69, 9.17) is 4.74 Å². The molecule has 84 valence electrons. The molecule has 0 saturated carbocycles. The van der Waals surface area contributed by atoms with E-state index >= 15 is 0 Å². The molecule has 1 N–H and O–H groups in total. The summed E-state index contributed by atoms with van der Waals surface area (Å²) in [5.41, 5.74) is 2.29. The number of rotatable bonds is 4. The zero-order valence-electron chi connectivity index (χ0n) is 9.73. The first kappa shape index (κ1) is 12.4. The molecule has 0 unspecified atom stereocenters. The Hall–Kier alpha value is -0.700. The minimum absolute atomic E-state index is 0.623. The predicted molar refractivity (Wildman–Crippen MR) is 68.8 cm³/mol. The average molecular weight is 272 g/mol. The van der Waals surface area contributed by atoms with Gasteiger partial charge in [0.1, 0.15) is 5.75 Å². The third-order valence-corrected chi connectivity index (χ3v) is 2.63. The van der Waals surface area contributed by atoms with Gasteiger partial charge in [0, 0.05) is 11.0 Å². The molecule has 15 heavy (non-hydrogen) atoms. The Bertz CT molecular complexity index is 337. The van der Waals surface area contributed by atoms with Crippen LogP contribution in [0, 0.1) is 12.8 Å². The molecular weight excluding hydrogens is 254 g/mol. The molecule has 0 aliphatic rings. The summed E-state index contributed by atoms with van der Waals surface area (Å²) >= 11 is 3.46. The Morgan fingerprint density at radius 3 is 2.60 bits per heavy atom. The van der Waals surface area contributed by atoms with Crippen molar-refractivity contribution in [3.63, 3.8) is 0 Å². The van der Waals surface area contributed by atoms with Gasteiger partial charge in [-0.1, -0.05) is 29.8 Å². The molecular formula is C12H18BrNO. The van der Waals surface area contributed by atoms with E-state index in [1.807, 2.05) is 6.07 Å². The Morgan fingerprint density at radius 1 is 1.40 bits per heavy atom. The lowest BCUT2D eigenvalue weighted by molar-refractivity contribution is 0.415. The number of anilines is 1. The summed E-state index contributed by atoms with van der Waals surface area (Å²) in [7, 11) is 1.70. The minimum Gasteiger partial charge on any atom is -0.495 e. The number of ether oxygens (including phenoxy) is 1. The maximum absolute atomic E-state index is 5.35.